The minimum Gasteiger partial charge on any atom is -0.489 e. The lowest BCUT2D eigenvalue weighted by molar-refractivity contribution is -0.118. The lowest BCUT2D eigenvalue weighted by Crippen LogP contribution is -2.20. The van der Waals surface area contributed by atoms with Crippen LogP contribution in [0.15, 0.2) is 109 Å². The maximum atomic E-state index is 12.2. The van der Waals surface area contributed by atoms with Crippen LogP contribution >= 0.6 is 0 Å². The fourth-order valence-electron chi connectivity index (χ4n) is 3.10. The van der Waals surface area contributed by atoms with Crippen LogP contribution in [0, 0.1) is 0 Å². The Morgan fingerprint density at radius 3 is 1.81 bits per heavy atom. The summed E-state index contributed by atoms with van der Waals surface area (Å²) >= 11 is 0. The predicted molar refractivity (Wildman–Crippen MR) is 123 cm³/mol. The lowest BCUT2D eigenvalue weighted by Gasteiger charge is -2.10. The molecule has 31 heavy (non-hydrogen) atoms. The van der Waals surface area contributed by atoms with Crippen molar-refractivity contribution in [2.24, 2.45) is 0 Å². The van der Waals surface area contributed by atoms with Crippen molar-refractivity contribution in [1.82, 2.24) is 0 Å². The summed E-state index contributed by atoms with van der Waals surface area (Å²) in [6.07, 6.45) is 0. The molecule has 0 aliphatic rings. The van der Waals surface area contributed by atoms with Gasteiger partial charge in [0, 0.05) is 5.69 Å². The molecule has 0 aliphatic heterocycles. The molecule has 4 aromatic carbocycles. The lowest BCUT2D eigenvalue weighted by atomic mass is 10.1. The molecule has 0 aliphatic carbocycles. The highest BCUT2D eigenvalue weighted by Crippen LogP contribution is 2.21. The van der Waals surface area contributed by atoms with Crippen LogP contribution in [0.3, 0.4) is 0 Å². The van der Waals surface area contributed by atoms with Crippen molar-refractivity contribution in [3.8, 4) is 22.6 Å². The standard InChI is InChI=1S/C27H23NO3/c29-27(28-24-13-11-23(12-14-24)22-9-5-2-6-10-22)20-31-26-17-15-25(16-18-26)30-19-21-7-3-1-4-8-21/h1-18H,19-20H2,(H,28,29). The maximum absolute atomic E-state index is 12.2. The topological polar surface area (TPSA) is 47.6 Å². The maximum Gasteiger partial charge on any atom is 0.262 e. The Labute approximate surface area is 182 Å². The Morgan fingerprint density at radius 1 is 0.613 bits per heavy atom. The van der Waals surface area contributed by atoms with E-state index in [9.17, 15) is 4.79 Å². The zero-order valence-electron chi connectivity index (χ0n) is 17.0. The van der Waals surface area contributed by atoms with Gasteiger partial charge in [0.15, 0.2) is 6.61 Å². The van der Waals surface area contributed by atoms with Gasteiger partial charge in [-0.25, -0.2) is 0 Å². The molecule has 0 atom stereocenters. The van der Waals surface area contributed by atoms with Crippen molar-refractivity contribution in [2.45, 2.75) is 6.61 Å². The average molecular weight is 409 g/mol. The molecule has 0 heterocycles. The first-order chi connectivity index (χ1) is 15.3. The summed E-state index contributed by atoms with van der Waals surface area (Å²) in [5, 5.41) is 2.85. The minimum atomic E-state index is -0.211. The van der Waals surface area contributed by atoms with E-state index in [0.717, 1.165) is 28.1 Å². The summed E-state index contributed by atoms with van der Waals surface area (Å²) in [4.78, 5) is 12.2. The summed E-state index contributed by atoms with van der Waals surface area (Å²) in [5.74, 6) is 1.15. The van der Waals surface area contributed by atoms with Crippen molar-refractivity contribution in [3.05, 3.63) is 115 Å². The minimum absolute atomic E-state index is 0.0648. The number of rotatable bonds is 8. The summed E-state index contributed by atoms with van der Waals surface area (Å²) in [6, 6.07) is 35.1. The quantitative estimate of drug-likeness (QED) is 0.391. The largest absolute Gasteiger partial charge is 0.489 e. The molecule has 0 fully saturated rings. The van der Waals surface area contributed by atoms with E-state index in [2.05, 4.69) is 17.4 Å². The number of hydrogen-bond donors (Lipinski definition) is 1. The van der Waals surface area contributed by atoms with E-state index in [1.54, 1.807) is 12.1 Å². The van der Waals surface area contributed by atoms with Gasteiger partial charge >= 0.3 is 0 Å². The van der Waals surface area contributed by atoms with Gasteiger partial charge in [-0.15, -0.1) is 0 Å². The third-order valence-electron chi connectivity index (χ3n) is 4.72. The molecule has 0 saturated heterocycles. The molecule has 0 aromatic heterocycles. The average Bonchev–Trinajstić information content (AvgIpc) is 2.84. The summed E-state index contributed by atoms with van der Waals surface area (Å²) < 4.78 is 11.3. The highest BCUT2D eigenvalue weighted by atomic mass is 16.5. The van der Waals surface area contributed by atoms with E-state index in [4.69, 9.17) is 9.47 Å². The number of carbonyl (C=O) groups excluding carboxylic acids is 1. The number of carbonyl (C=O) groups is 1. The van der Waals surface area contributed by atoms with Crippen LogP contribution in [0.1, 0.15) is 5.56 Å². The van der Waals surface area contributed by atoms with Gasteiger partial charge in [0.1, 0.15) is 18.1 Å². The Bertz CT molecular complexity index is 1090. The van der Waals surface area contributed by atoms with E-state index in [1.807, 2.05) is 84.9 Å². The number of ether oxygens (including phenoxy) is 2. The van der Waals surface area contributed by atoms with Crippen LogP contribution in [-0.4, -0.2) is 12.5 Å². The van der Waals surface area contributed by atoms with E-state index in [1.165, 1.54) is 0 Å². The Hall–Kier alpha value is -4.05. The second kappa shape index (κ2) is 10.1. The monoisotopic (exact) mass is 409 g/mol. The molecule has 154 valence electrons. The zero-order valence-corrected chi connectivity index (χ0v) is 17.0. The van der Waals surface area contributed by atoms with Gasteiger partial charge in [0.25, 0.3) is 5.91 Å². The van der Waals surface area contributed by atoms with Gasteiger partial charge in [-0.2, -0.15) is 0 Å². The molecule has 0 unspecified atom stereocenters. The Kier molecular flexibility index (Phi) is 6.61. The second-order valence-electron chi connectivity index (χ2n) is 7.03. The first kappa shape index (κ1) is 20.2. The molecule has 4 rings (SSSR count). The van der Waals surface area contributed by atoms with Gasteiger partial charge in [0.05, 0.1) is 0 Å². The van der Waals surface area contributed by atoms with Crippen LogP contribution in [0.4, 0.5) is 5.69 Å². The smallest absolute Gasteiger partial charge is 0.262 e. The Morgan fingerprint density at radius 2 is 1.16 bits per heavy atom. The van der Waals surface area contributed by atoms with E-state index < -0.39 is 0 Å². The van der Waals surface area contributed by atoms with E-state index in [0.29, 0.717) is 12.4 Å². The molecule has 0 bridgehead atoms. The Balaban J connectivity index is 1.24. The van der Waals surface area contributed by atoms with Crippen LogP contribution < -0.4 is 14.8 Å². The van der Waals surface area contributed by atoms with Gasteiger partial charge in [-0.05, 0) is 53.1 Å². The van der Waals surface area contributed by atoms with Crippen molar-refractivity contribution in [2.75, 3.05) is 11.9 Å². The number of nitrogens with one attached hydrogen (secondary N) is 1. The molecule has 0 radical (unpaired) electrons. The third-order valence-corrected chi connectivity index (χ3v) is 4.72. The summed E-state index contributed by atoms with van der Waals surface area (Å²) in [6.45, 7) is 0.442. The third kappa shape index (κ3) is 5.97. The molecule has 4 aromatic rings. The van der Waals surface area contributed by atoms with Crippen LogP contribution in [0.5, 0.6) is 11.5 Å². The van der Waals surface area contributed by atoms with Crippen molar-refractivity contribution < 1.29 is 14.3 Å². The molecule has 1 amide bonds. The van der Waals surface area contributed by atoms with Crippen LogP contribution in [-0.2, 0) is 11.4 Å². The van der Waals surface area contributed by atoms with Crippen LogP contribution in [0.25, 0.3) is 11.1 Å². The second-order valence-corrected chi connectivity index (χ2v) is 7.03. The van der Waals surface area contributed by atoms with Crippen molar-refractivity contribution in [1.29, 1.82) is 0 Å². The van der Waals surface area contributed by atoms with Gasteiger partial charge in [-0.1, -0.05) is 72.8 Å². The zero-order chi connectivity index (χ0) is 21.3. The van der Waals surface area contributed by atoms with Crippen LogP contribution in [0.2, 0.25) is 0 Å². The van der Waals surface area contributed by atoms with E-state index >= 15 is 0 Å². The van der Waals surface area contributed by atoms with Crippen molar-refractivity contribution in [3.63, 3.8) is 0 Å². The first-order valence-electron chi connectivity index (χ1n) is 10.1. The normalized spacial score (nSPS) is 10.3. The molecule has 0 saturated carbocycles. The number of benzene rings is 4. The predicted octanol–water partition coefficient (Wildman–Crippen LogP) is 5.95. The molecule has 4 nitrogen and oxygen atoms in total. The summed E-state index contributed by atoms with van der Waals surface area (Å²) in [7, 11) is 0. The van der Waals surface area contributed by atoms with Gasteiger partial charge < -0.3 is 14.8 Å². The first-order valence-corrected chi connectivity index (χ1v) is 10.1. The fourth-order valence-corrected chi connectivity index (χ4v) is 3.10. The number of hydrogen-bond acceptors (Lipinski definition) is 3. The molecular weight excluding hydrogens is 386 g/mol. The highest BCUT2D eigenvalue weighted by molar-refractivity contribution is 5.92. The molecular formula is C27H23NO3. The number of anilines is 1. The molecule has 4 heteroatoms. The molecule has 0 spiro atoms. The summed E-state index contributed by atoms with van der Waals surface area (Å²) in [5.41, 5.74) is 4.08. The SMILES string of the molecule is O=C(COc1ccc(OCc2ccccc2)cc1)Nc1ccc(-c2ccccc2)cc1. The number of amides is 1. The van der Waals surface area contributed by atoms with Crippen molar-refractivity contribution >= 4 is 11.6 Å². The van der Waals surface area contributed by atoms with Gasteiger partial charge in [0.2, 0.25) is 0 Å². The van der Waals surface area contributed by atoms with Gasteiger partial charge in [-0.3, -0.25) is 4.79 Å². The molecule has 1 N–H and O–H groups in total. The highest BCUT2D eigenvalue weighted by Gasteiger charge is 2.05. The van der Waals surface area contributed by atoms with E-state index in [-0.39, 0.29) is 12.5 Å². The fraction of sp³-hybridized carbons (Fsp3) is 0.0741.